The SMILES string of the molecule is CCc1nc(S(=O)(=O)C2CCc3c(Cl)cccc32)n[nH]1. The van der Waals surface area contributed by atoms with Gasteiger partial charge in [0.1, 0.15) is 5.82 Å². The lowest BCUT2D eigenvalue weighted by Crippen LogP contribution is -2.13. The summed E-state index contributed by atoms with van der Waals surface area (Å²) in [7, 11) is -3.57. The third kappa shape index (κ3) is 2.03. The average Bonchev–Trinajstić information content (AvgIpc) is 3.06. The molecule has 2 aromatic rings. The number of hydrogen-bond acceptors (Lipinski definition) is 4. The maximum absolute atomic E-state index is 12.6. The quantitative estimate of drug-likeness (QED) is 0.945. The molecule has 1 aromatic carbocycles. The van der Waals surface area contributed by atoms with Crippen molar-refractivity contribution in [3.05, 3.63) is 40.2 Å². The first-order valence-electron chi connectivity index (χ1n) is 6.46. The first-order valence-corrected chi connectivity index (χ1v) is 8.39. The summed E-state index contributed by atoms with van der Waals surface area (Å²) in [6.45, 7) is 1.89. The van der Waals surface area contributed by atoms with Gasteiger partial charge in [-0.25, -0.2) is 13.4 Å². The van der Waals surface area contributed by atoms with Gasteiger partial charge in [0.15, 0.2) is 0 Å². The Labute approximate surface area is 122 Å². The van der Waals surface area contributed by atoms with Crippen LogP contribution in [-0.2, 0) is 22.7 Å². The fourth-order valence-corrected chi connectivity index (χ4v) is 4.51. The van der Waals surface area contributed by atoms with Gasteiger partial charge in [-0.3, -0.25) is 5.10 Å². The fourth-order valence-electron chi connectivity index (χ4n) is 2.58. The Morgan fingerprint density at radius 1 is 1.45 bits per heavy atom. The summed E-state index contributed by atoms with van der Waals surface area (Å²) >= 11 is 6.13. The minimum atomic E-state index is -3.57. The predicted octanol–water partition coefficient (Wildman–Crippen LogP) is 2.48. The number of nitrogens with zero attached hydrogens (tertiary/aromatic N) is 2. The number of aryl methyl sites for hydroxylation is 1. The highest BCUT2D eigenvalue weighted by atomic mass is 35.5. The van der Waals surface area contributed by atoms with Crippen molar-refractivity contribution in [2.45, 2.75) is 36.6 Å². The zero-order valence-corrected chi connectivity index (χ0v) is 12.5. The van der Waals surface area contributed by atoms with Crippen molar-refractivity contribution < 1.29 is 8.42 Å². The van der Waals surface area contributed by atoms with Crippen LogP contribution in [0.1, 0.15) is 35.5 Å². The molecule has 20 heavy (non-hydrogen) atoms. The number of aromatic nitrogens is 3. The number of aromatic amines is 1. The van der Waals surface area contributed by atoms with Gasteiger partial charge in [0.25, 0.3) is 5.16 Å². The average molecular weight is 312 g/mol. The Hall–Kier alpha value is -1.40. The molecule has 0 bridgehead atoms. The number of hydrogen-bond donors (Lipinski definition) is 1. The first kappa shape index (κ1) is 13.6. The normalized spacial score (nSPS) is 18.2. The number of nitrogens with one attached hydrogen (secondary N) is 1. The Morgan fingerprint density at radius 2 is 2.25 bits per heavy atom. The lowest BCUT2D eigenvalue weighted by atomic mass is 10.1. The molecule has 0 amide bonds. The Kier molecular flexibility index (Phi) is 3.30. The molecule has 3 rings (SSSR count). The van der Waals surface area contributed by atoms with Crippen LogP contribution in [0.25, 0.3) is 0 Å². The van der Waals surface area contributed by atoms with Crippen LogP contribution in [0.4, 0.5) is 0 Å². The van der Waals surface area contributed by atoms with Gasteiger partial charge >= 0.3 is 0 Å². The van der Waals surface area contributed by atoms with Crippen molar-refractivity contribution in [2.75, 3.05) is 0 Å². The summed E-state index contributed by atoms with van der Waals surface area (Å²) in [5.74, 6) is 0.577. The molecule has 1 heterocycles. The van der Waals surface area contributed by atoms with Crippen molar-refractivity contribution >= 4 is 21.4 Å². The van der Waals surface area contributed by atoms with Gasteiger partial charge in [-0.2, -0.15) is 0 Å². The van der Waals surface area contributed by atoms with Crippen molar-refractivity contribution in [2.24, 2.45) is 0 Å². The predicted molar refractivity (Wildman–Crippen MR) is 75.5 cm³/mol. The largest absolute Gasteiger partial charge is 0.267 e. The zero-order chi connectivity index (χ0) is 14.3. The van der Waals surface area contributed by atoms with E-state index in [1.807, 2.05) is 13.0 Å². The number of rotatable bonds is 3. The van der Waals surface area contributed by atoms with Gasteiger partial charge in [-0.05, 0) is 30.0 Å². The van der Waals surface area contributed by atoms with Crippen LogP contribution in [-0.4, -0.2) is 23.6 Å². The maximum atomic E-state index is 12.6. The monoisotopic (exact) mass is 311 g/mol. The molecule has 0 aliphatic heterocycles. The van der Waals surface area contributed by atoms with E-state index in [9.17, 15) is 8.42 Å². The van der Waals surface area contributed by atoms with Crippen molar-refractivity contribution in [3.8, 4) is 0 Å². The van der Waals surface area contributed by atoms with E-state index >= 15 is 0 Å². The smallest absolute Gasteiger partial charge is 0.262 e. The minimum Gasteiger partial charge on any atom is -0.262 e. The van der Waals surface area contributed by atoms with Crippen molar-refractivity contribution in [1.82, 2.24) is 15.2 Å². The topological polar surface area (TPSA) is 75.7 Å². The zero-order valence-electron chi connectivity index (χ0n) is 10.9. The fraction of sp³-hybridized carbons (Fsp3) is 0.385. The van der Waals surface area contributed by atoms with Crippen molar-refractivity contribution in [1.29, 1.82) is 0 Å². The van der Waals surface area contributed by atoms with Gasteiger partial charge in [-0.1, -0.05) is 30.7 Å². The molecular formula is C13H14ClN3O2S. The number of sulfone groups is 1. The lowest BCUT2D eigenvalue weighted by molar-refractivity contribution is 0.572. The minimum absolute atomic E-state index is 0.118. The highest BCUT2D eigenvalue weighted by Gasteiger charge is 2.37. The third-order valence-corrected chi connectivity index (χ3v) is 5.92. The molecular weight excluding hydrogens is 298 g/mol. The second kappa shape index (κ2) is 4.86. The van der Waals surface area contributed by atoms with Crippen LogP contribution in [0.5, 0.6) is 0 Å². The molecule has 5 nitrogen and oxygen atoms in total. The number of benzene rings is 1. The molecule has 0 spiro atoms. The molecule has 1 N–H and O–H groups in total. The standard InChI is InChI=1S/C13H14ClN3O2S/c1-2-12-15-13(17-16-12)20(18,19)11-7-6-8-9(11)4-3-5-10(8)14/h3-5,11H,2,6-7H2,1H3,(H,15,16,17). The van der Waals surface area contributed by atoms with Crippen LogP contribution in [0, 0.1) is 0 Å². The summed E-state index contributed by atoms with van der Waals surface area (Å²) in [5.41, 5.74) is 1.70. The van der Waals surface area contributed by atoms with E-state index in [1.165, 1.54) is 0 Å². The van der Waals surface area contributed by atoms with E-state index in [4.69, 9.17) is 11.6 Å². The van der Waals surface area contributed by atoms with Gasteiger partial charge < -0.3 is 0 Å². The summed E-state index contributed by atoms with van der Waals surface area (Å²) in [6, 6.07) is 5.39. The van der Waals surface area contributed by atoms with E-state index in [2.05, 4.69) is 15.2 Å². The van der Waals surface area contributed by atoms with E-state index in [0.29, 0.717) is 30.1 Å². The van der Waals surface area contributed by atoms with Gasteiger partial charge in [-0.15, -0.1) is 5.10 Å². The van der Waals surface area contributed by atoms with E-state index in [1.54, 1.807) is 12.1 Å². The van der Waals surface area contributed by atoms with E-state index in [0.717, 1.165) is 11.1 Å². The highest BCUT2D eigenvalue weighted by molar-refractivity contribution is 7.91. The van der Waals surface area contributed by atoms with Crippen LogP contribution in [0.2, 0.25) is 5.02 Å². The summed E-state index contributed by atoms with van der Waals surface area (Å²) in [6.07, 6.45) is 1.82. The van der Waals surface area contributed by atoms with Crippen LogP contribution >= 0.6 is 11.6 Å². The molecule has 0 saturated carbocycles. The molecule has 1 aromatic heterocycles. The molecule has 1 aliphatic carbocycles. The molecule has 1 atom stereocenters. The molecule has 1 unspecified atom stereocenters. The molecule has 0 radical (unpaired) electrons. The van der Waals surface area contributed by atoms with Gasteiger partial charge in [0.05, 0.1) is 5.25 Å². The molecule has 0 fully saturated rings. The first-order chi connectivity index (χ1) is 9.54. The summed E-state index contributed by atoms with van der Waals surface area (Å²) < 4.78 is 25.3. The van der Waals surface area contributed by atoms with Crippen LogP contribution in [0.3, 0.4) is 0 Å². The number of fused-ring (bicyclic) bond motifs is 1. The third-order valence-electron chi connectivity index (χ3n) is 3.63. The van der Waals surface area contributed by atoms with E-state index in [-0.39, 0.29) is 5.16 Å². The summed E-state index contributed by atoms with van der Waals surface area (Å²) in [5, 5.41) is 6.41. The second-order valence-electron chi connectivity index (χ2n) is 4.80. The molecule has 0 saturated heterocycles. The number of H-pyrrole nitrogens is 1. The van der Waals surface area contributed by atoms with Crippen molar-refractivity contribution in [3.63, 3.8) is 0 Å². The molecule has 7 heteroatoms. The summed E-state index contributed by atoms with van der Waals surface area (Å²) in [4.78, 5) is 4.05. The number of halogens is 1. The highest BCUT2D eigenvalue weighted by Crippen LogP contribution is 2.41. The second-order valence-corrected chi connectivity index (χ2v) is 7.23. The lowest BCUT2D eigenvalue weighted by Gasteiger charge is -2.10. The molecule has 106 valence electrons. The van der Waals surface area contributed by atoms with Crippen LogP contribution in [0.15, 0.2) is 23.4 Å². The molecule has 1 aliphatic rings. The maximum Gasteiger partial charge on any atom is 0.267 e. The Balaban J connectivity index is 2.05. The van der Waals surface area contributed by atoms with Gasteiger partial charge in [0.2, 0.25) is 9.84 Å². The van der Waals surface area contributed by atoms with E-state index < -0.39 is 15.1 Å². The van der Waals surface area contributed by atoms with Crippen LogP contribution < -0.4 is 0 Å². The van der Waals surface area contributed by atoms with Gasteiger partial charge in [0, 0.05) is 11.4 Å². The Bertz CT molecular complexity index is 755. The Morgan fingerprint density at radius 3 is 2.95 bits per heavy atom.